The molecule has 0 saturated carbocycles. The monoisotopic (exact) mass is 414 g/mol. The number of aromatic nitrogens is 3. The molecule has 0 aliphatic heterocycles. The van der Waals surface area contributed by atoms with Gasteiger partial charge in [-0.2, -0.15) is 0 Å². The number of amides is 1. The van der Waals surface area contributed by atoms with Crippen molar-refractivity contribution < 1.29 is 4.79 Å². The number of nitrogens with zero attached hydrogens (tertiary/aromatic N) is 3. The van der Waals surface area contributed by atoms with Crippen LogP contribution >= 0.6 is 23.1 Å². The standard InChI is InChI=1S/C21H26N4OS2/c1-6-9-25-20(18-11-27-16(5)15(18)4)23-24-21(25)28-12-19(26)22-17-8-7-13(2)14(3)10-17/h7-8,10-11H,6,9,12H2,1-5H3,(H,22,26). The van der Waals surface area contributed by atoms with E-state index < -0.39 is 0 Å². The molecule has 1 N–H and O–H groups in total. The van der Waals surface area contributed by atoms with Crippen LogP contribution in [0.2, 0.25) is 0 Å². The Hall–Kier alpha value is -2.12. The Morgan fingerprint density at radius 2 is 1.96 bits per heavy atom. The third-order valence-electron chi connectivity index (χ3n) is 4.81. The number of carbonyl (C=O) groups is 1. The zero-order valence-electron chi connectivity index (χ0n) is 17.0. The molecule has 0 spiro atoms. The molecule has 2 heterocycles. The molecule has 0 bridgehead atoms. The van der Waals surface area contributed by atoms with Gasteiger partial charge in [-0.25, -0.2) is 0 Å². The van der Waals surface area contributed by atoms with Gasteiger partial charge in [-0.15, -0.1) is 21.5 Å². The molecule has 3 aromatic rings. The number of hydrogen-bond acceptors (Lipinski definition) is 5. The fourth-order valence-corrected chi connectivity index (χ4v) is 4.53. The summed E-state index contributed by atoms with van der Waals surface area (Å²) in [4.78, 5) is 13.7. The van der Waals surface area contributed by atoms with Gasteiger partial charge in [-0.05, 0) is 62.9 Å². The molecule has 0 atom stereocenters. The Kier molecular flexibility index (Phi) is 6.57. The first kappa shape index (κ1) is 20.6. The average molecular weight is 415 g/mol. The van der Waals surface area contributed by atoms with Crippen LogP contribution in [0.15, 0.2) is 28.7 Å². The number of rotatable bonds is 7. The van der Waals surface area contributed by atoms with E-state index in [-0.39, 0.29) is 5.91 Å². The van der Waals surface area contributed by atoms with Crippen molar-refractivity contribution in [2.75, 3.05) is 11.1 Å². The molecular formula is C21H26N4OS2. The van der Waals surface area contributed by atoms with E-state index in [1.807, 2.05) is 25.1 Å². The molecule has 0 saturated heterocycles. The lowest BCUT2D eigenvalue weighted by Gasteiger charge is -2.10. The zero-order chi connectivity index (χ0) is 20.3. The number of hydrogen-bond donors (Lipinski definition) is 1. The molecule has 0 aliphatic carbocycles. The second kappa shape index (κ2) is 8.92. The van der Waals surface area contributed by atoms with Crippen molar-refractivity contribution in [1.82, 2.24) is 14.8 Å². The lowest BCUT2D eigenvalue weighted by Crippen LogP contribution is -2.15. The Morgan fingerprint density at radius 3 is 2.61 bits per heavy atom. The largest absolute Gasteiger partial charge is 0.325 e. The molecule has 1 aromatic carbocycles. The van der Waals surface area contributed by atoms with Gasteiger partial charge in [0.15, 0.2) is 11.0 Å². The molecule has 0 aliphatic rings. The van der Waals surface area contributed by atoms with E-state index >= 15 is 0 Å². The van der Waals surface area contributed by atoms with E-state index in [0.717, 1.165) is 35.2 Å². The van der Waals surface area contributed by atoms with Crippen molar-refractivity contribution in [2.45, 2.75) is 52.7 Å². The van der Waals surface area contributed by atoms with E-state index in [9.17, 15) is 4.79 Å². The summed E-state index contributed by atoms with van der Waals surface area (Å²) in [6, 6.07) is 5.95. The zero-order valence-corrected chi connectivity index (χ0v) is 18.6. The molecule has 1 amide bonds. The van der Waals surface area contributed by atoms with Crippen LogP contribution in [-0.4, -0.2) is 26.4 Å². The highest BCUT2D eigenvalue weighted by atomic mass is 32.2. The van der Waals surface area contributed by atoms with Gasteiger partial charge < -0.3 is 9.88 Å². The van der Waals surface area contributed by atoms with Crippen LogP contribution < -0.4 is 5.32 Å². The molecule has 2 aromatic heterocycles. The van der Waals surface area contributed by atoms with Crippen LogP contribution in [0.5, 0.6) is 0 Å². The van der Waals surface area contributed by atoms with Crippen LogP contribution in [0, 0.1) is 27.7 Å². The number of thiophene rings is 1. The maximum atomic E-state index is 12.4. The number of carbonyl (C=O) groups excluding carboxylic acids is 1. The van der Waals surface area contributed by atoms with Crippen molar-refractivity contribution >= 4 is 34.7 Å². The van der Waals surface area contributed by atoms with E-state index in [1.54, 1.807) is 11.3 Å². The average Bonchev–Trinajstić information content (AvgIpc) is 3.20. The van der Waals surface area contributed by atoms with Crippen molar-refractivity contribution in [3.63, 3.8) is 0 Å². The first-order valence-electron chi connectivity index (χ1n) is 9.38. The highest BCUT2D eigenvalue weighted by molar-refractivity contribution is 7.99. The fraction of sp³-hybridized carbons (Fsp3) is 0.381. The van der Waals surface area contributed by atoms with Crippen LogP contribution in [0.25, 0.3) is 11.4 Å². The van der Waals surface area contributed by atoms with Gasteiger partial charge in [0, 0.05) is 28.1 Å². The van der Waals surface area contributed by atoms with Gasteiger partial charge in [0.2, 0.25) is 5.91 Å². The Balaban J connectivity index is 1.72. The van der Waals surface area contributed by atoms with Gasteiger partial charge in [0.25, 0.3) is 0 Å². The van der Waals surface area contributed by atoms with E-state index in [1.165, 1.54) is 33.3 Å². The predicted octanol–water partition coefficient (Wildman–Crippen LogP) is 5.38. The van der Waals surface area contributed by atoms with Crippen molar-refractivity contribution in [1.29, 1.82) is 0 Å². The van der Waals surface area contributed by atoms with Gasteiger partial charge >= 0.3 is 0 Å². The first-order chi connectivity index (χ1) is 13.4. The van der Waals surface area contributed by atoms with Crippen molar-refractivity contribution in [2.24, 2.45) is 0 Å². The first-order valence-corrected chi connectivity index (χ1v) is 11.3. The van der Waals surface area contributed by atoms with Crippen molar-refractivity contribution in [3.05, 3.63) is 45.1 Å². The quantitative estimate of drug-likeness (QED) is 0.527. The molecule has 0 unspecified atom stereocenters. The second-order valence-electron chi connectivity index (χ2n) is 6.92. The van der Waals surface area contributed by atoms with Gasteiger partial charge in [0.05, 0.1) is 5.75 Å². The molecule has 148 valence electrons. The molecule has 28 heavy (non-hydrogen) atoms. The maximum absolute atomic E-state index is 12.4. The Morgan fingerprint density at radius 1 is 1.18 bits per heavy atom. The lowest BCUT2D eigenvalue weighted by molar-refractivity contribution is -0.113. The summed E-state index contributed by atoms with van der Waals surface area (Å²) in [7, 11) is 0. The summed E-state index contributed by atoms with van der Waals surface area (Å²) in [6.07, 6.45) is 0.982. The number of nitrogens with one attached hydrogen (secondary N) is 1. The highest BCUT2D eigenvalue weighted by Crippen LogP contribution is 2.31. The third-order valence-corrected chi connectivity index (χ3v) is 6.79. The number of benzene rings is 1. The van der Waals surface area contributed by atoms with E-state index in [0.29, 0.717) is 5.75 Å². The van der Waals surface area contributed by atoms with Crippen molar-refractivity contribution in [3.8, 4) is 11.4 Å². The van der Waals surface area contributed by atoms with Crippen LogP contribution in [-0.2, 0) is 11.3 Å². The normalized spacial score (nSPS) is 11.0. The molecule has 7 heteroatoms. The molecule has 0 radical (unpaired) electrons. The topological polar surface area (TPSA) is 59.8 Å². The summed E-state index contributed by atoms with van der Waals surface area (Å²) < 4.78 is 2.13. The van der Waals surface area contributed by atoms with Gasteiger partial charge in [-0.1, -0.05) is 24.8 Å². The number of aryl methyl sites for hydroxylation is 3. The summed E-state index contributed by atoms with van der Waals surface area (Å²) in [5.74, 6) is 1.15. The smallest absolute Gasteiger partial charge is 0.234 e. The predicted molar refractivity (Wildman–Crippen MR) is 118 cm³/mol. The molecular weight excluding hydrogens is 388 g/mol. The fourth-order valence-electron chi connectivity index (χ4n) is 2.90. The summed E-state index contributed by atoms with van der Waals surface area (Å²) in [6.45, 7) is 11.3. The summed E-state index contributed by atoms with van der Waals surface area (Å²) >= 11 is 3.16. The SMILES string of the molecule is CCCn1c(SCC(=O)Nc2ccc(C)c(C)c2)nnc1-c1csc(C)c1C. The summed E-state index contributed by atoms with van der Waals surface area (Å²) in [5, 5.41) is 14.7. The van der Waals surface area contributed by atoms with Gasteiger partial charge in [-0.3, -0.25) is 4.79 Å². The van der Waals surface area contributed by atoms with Gasteiger partial charge in [0.1, 0.15) is 0 Å². The van der Waals surface area contributed by atoms with E-state index in [4.69, 9.17) is 0 Å². The van der Waals surface area contributed by atoms with Crippen LogP contribution in [0.4, 0.5) is 5.69 Å². The van der Waals surface area contributed by atoms with Crippen LogP contribution in [0.1, 0.15) is 34.9 Å². The number of thioether (sulfide) groups is 1. The minimum atomic E-state index is -0.0385. The lowest BCUT2D eigenvalue weighted by atomic mass is 10.1. The Bertz CT molecular complexity index is 990. The molecule has 3 rings (SSSR count). The van der Waals surface area contributed by atoms with Crippen LogP contribution in [0.3, 0.4) is 0 Å². The molecule has 5 nitrogen and oxygen atoms in total. The minimum Gasteiger partial charge on any atom is -0.325 e. The minimum absolute atomic E-state index is 0.0385. The second-order valence-corrected chi connectivity index (χ2v) is 8.95. The highest BCUT2D eigenvalue weighted by Gasteiger charge is 2.18. The molecule has 0 fully saturated rings. The Labute approximate surface area is 174 Å². The maximum Gasteiger partial charge on any atom is 0.234 e. The number of anilines is 1. The third kappa shape index (κ3) is 4.47. The summed E-state index contributed by atoms with van der Waals surface area (Å²) in [5.41, 5.74) is 5.59. The van der Waals surface area contributed by atoms with E-state index in [2.05, 4.69) is 53.2 Å².